The SMILES string of the molecule is CCN(CC)c1ccc(C(=O)NNC(=O)CCc2ccccc2F)cc1. The maximum atomic E-state index is 13.5. The van der Waals surface area contributed by atoms with Crippen LogP contribution in [0.3, 0.4) is 0 Å². The summed E-state index contributed by atoms with van der Waals surface area (Å²) in [6, 6.07) is 13.5. The summed E-state index contributed by atoms with van der Waals surface area (Å²) in [6.45, 7) is 5.92. The summed E-state index contributed by atoms with van der Waals surface area (Å²) >= 11 is 0. The number of nitrogens with one attached hydrogen (secondary N) is 2. The van der Waals surface area contributed by atoms with Gasteiger partial charge in [-0.15, -0.1) is 0 Å². The van der Waals surface area contributed by atoms with Gasteiger partial charge in [-0.05, 0) is 56.2 Å². The molecule has 2 aromatic carbocycles. The highest BCUT2D eigenvalue weighted by atomic mass is 19.1. The Bertz CT molecular complexity index is 743. The van der Waals surface area contributed by atoms with Gasteiger partial charge in [-0.1, -0.05) is 18.2 Å². The molecule has 2 rings (SSSR count). The second-order valence-corrected chi connectivity index (χ2v) is 5.81. The maximum absolute atomic E-state index is 13.5. The van der Waals surface area contributed by atoms with E-state index in [-0.39, 0.29) is 24.6 Å². The highest BCUT2D eigenvalue weighted by Gasteiger charge is 2.10. The number of amides is 2. The number of carbonyl (C=O) groups excluding carboxylic acids is 2. The minimum Gasteiger partial charge on any atom is -0.372 e. The van der Waals surface area contributed by atoms with E-state index in [0.717, 1.165) is 18.8 Å². The van der Waals surface area contributed by atoms with Crippen LogP contribution in [-0.4, -0.2) is 24.9 Å². The van der Waals surface area contributed by atoms with Gasteiger partial charge in [0.15, 0.2) is 0 Å². The number of anilines is 1. The third-order valence-corrected chi connectivity index (χ3v) is 4.15. The van der Waals surface area contributed by atoms with E-state index >= 15 is 0 Å². The quantitative estimate of drug-likeness (QED) is 0.749. The summed E-state index contributed by atoms with van der Waals surface area (Å²) in [4.78, 5) is 26.1. The first kappa shape index (κ1) is 19.4. The van der Waals surface area contributed by atoms with Crippen molar-refractivity contribution < 1.29 is 14.0 Å². The lowest BCUT2D eigenvalue weighted by atomic mass is 10.1. The largest absolute Gasteiger partial charge is 0.372 e. The first-order valence-electron chi connectivity index (χ1n) is 8.72. The lowest BCUT2D eigenvalue weighted by Gasteiger charge is -2.21. The Balaban J connectivity index is 1.82. The van der Waals surface area contributed by atoms with Crippen LogP contribution in [0.1, 0.15) is 36.2 Å². The lowest BCUT2D eigenvalue weighted by molar-refractivity contribution is -0.121. The highest BCUT2D eigenvalue weighted by Crippen LogP contribution is 2.14. The molecule has 2 aromatic rings. The van der Waals surface area contributed by atoms with Crippen LogP contribution in [0.4, 0.5) is 10.1 Å². The number of nitrogens with zero attached hydrogens (tertiary/aromatic N) is 1. The zero-order valence-electron chi connectivity index (χ0n) is 15.1. The highest BCUT2D eigenvalue weighted by molar-refractivity contribution is 5.95. The summed E-state index contributed by atoms with van der Waals surface area (Å²) in [7, 11) is 0. The molecule has 0 atom stereocenters. The van der Waals surface area contributed by atoms with E-state index in [1.54, 1.807) is 30.3 Å². The molecule has 2 N–H and O–H groups in total. The molecule has 0 fully saturated rings. The van der Waals surface area contributed by atoms with Gasteiger partial charge in [0.1, 0.15) is 5.82 Å². The number of benzene rings is 2. The minimum atomic E-state index is -0.393. The van der Waals surface area contributed by atoms with Crippen molar-refractivity contribution in [3.05, 3.63) is 65.5 Å². The maximum Gasteiger partial charge on any atom is 0.269 e. The summed E-state index contributed by atoms with van der Waals surface area (Å²) in [5.41, 5.74) is 6.71. The molecule has 26 heavy (non-hydrogen) atoms. The lowest BCUT2D eigenvalue weighted by Crippen LogP contribution is -2.41. The number of aryl methyl sites for hydroxylation is 1. The number of hydrogen-bond acceptors (Lipinski definition) is 3. The van der Waals surface area contributed by atoms with E-state index in [2.05, 4.69) is 29.6 Å². The predicted molar refractivity (Wildman–Crippen MR) is 100 cm³/mol. The van der Waals surface area contributed by atoms with E-state index in [1.807, 2.05) is 12.1 Å². The molecular formula is C20H24FN3O2. The molecule has 0 aromatic heterocycles. The van der Waals surface area contributed by atoms with Crippen molar-refractivity contribution in [3.8, 4) is 0 Å². The van der Waals surface area contributed by atoms with Crippen LogP contribution < -0.4 is 15.8 Å². The van der Waals surface area contributed by atoms with Crippen LogP contribution >= 0.6 is 0 Å². The molecular weight excluding hydrogens is 333 g/mol. The second kappa shape index (κ2) is 9.56. The molecule has 0 unspecified atom stereocenters. The first-order chi connectivity index (χ1) is 12.5. The topological polar surface area (TPSA) is 61.4 Å². The zero-order valence-corrected chi connectivity index (χ0v) is 15.1. The van der Waals surface area contributed by atoms with Crippen molar-refractivity contribution in [1.29, 1.82) is 0 Å². The predicted octanol–water partition coefficient (Wildman–Crippen LogP) is 3.07. The molecule has 0 saturated heterocycles. The number of rotatable bonds is 7. The number of hydrogen-bond donors (Lipinski definition) is 2. The van der Waals surface area contributed by atoms with Crippen molar-refractivity contribution in [3.63, 3.8) is 0 Å². The molecule has 0 spiro atoms. The van der Waals surface area contributed by atoms with E-state index in [9.17, 15) is 14.0 Å². The molecule has 138 valence electrons. The third kappa shape index (κ3) is 5.31. The molecule has 0 saturated carbocycles. The van der Waals surface area contributed by atoms with Gasteiger partial charge < -0.3 is 4.90 Å². The van der Waals surface area contributed by atoms with Crippen molar-refractivity contribution in [2.75, 3.05) is 18.0 Å². The molecule has 0 bridgehead atoms. The van der Waals surface area contributed by atoms with Crippen LogP contribution in [0, 0.1) is 5.82 Å². The van der Waals surface area contributed by atoms with Crippen molar-refractivity contribution in [2.24, 2.45) is 0 Å². The molecule has 0 aliphatic carbocycles. The van der Waals surface area contributed by atoms with E-state index < -0.39 is 5.91 Å². The van der Waals surface area contributed by atoms with Gasteiger partial charge in [0.2, 0.25) is 5.91 Å². The van der Waals surface area contributed by atoms with Crippen molar-refractivity contribution >= 4 is 17.5 Å². The fraction of sp³-hybridized carbons (Fsp3) is 0.300. The number of hydrazine groups is 1. The van der Waals surface area contributed by atoms with Crippen molar-refractivity contribution in [2.45, 2.75) is 26.7 Å². The van der Waals surface area contributed by atoms with E-state index in [0.29, 0.717) is 11.1 Å². The molecule has 0 heterocycles. The first-order valence-corrected chi connectivity index (χ1v) is 8.72. The molecule has 5 nitrogen and oxygen atoms in total. The molecule has 2 amide bonds. The Morgan fingerprint density at radius 3 is 2.23 bits per heavy atom. The fourth-order valence-corrected chi connectivity index (χ4v) is 2.62. The van der Waals surface area contributed by atoms with Gasteiger partial charge in [-0.25, -0.2) is 4.39 Å². The Kier molecular flexibility index (Phi) is 7.14. The Morgan fingerprint density at radius 2 is 1.62 bits per heavy atom. The molecule has 0 radical (unpaired) electrons. The standard InChI is InChI=1S/C20H24FN3O2/c1-3-24(4-2)17-12-9-16(10-13-17)20(26)23-22-19(25)14-11-15-7-5-6-8-18(15)21/h5-10,12-13H,3-4,11,14H2,1-2H3,(H,22,25)(H,23,26). The van der Waals surface area contributed by atoms with Crippen molar-refractivity contribution in [1.82, 2.24) is 10.9 Å². The average Bonchev–Trinajstić information content (AvgIpc) is 2.67. The van der Waals surface area contributed by atoms with Gasteiger partial charge >= 0.3 is 0 Å². The summed E-state index contributed by atoms with van der Waals surface area (Å²) < 4.78 is 13.5. The second-order valence-electron chi connectivity index (χ2n) is 5.81. The fourth-order valence-electron chi connectivity index (χ4n) is 2.62. The Morgan fingerprint density at radius 1 is 0.962 bits per heavy atom. The van der Waals surface area contributed by atoms with Crippen LogP contribution in [0.25, 0.3) is 0 Å². The molecule has 0 aliphatic rings. The number of halogens is 1. The minimum absolute atomic E-state index is 0.0854. The zero-order chi connectivity index (χ0) is 18.9. The van der Waals surface area contributed by atoms with Crippen LogP contribution in [0.5, 0.6) is 0 Å². The van der Waals surface area contributed by atoms with E-state index in [4.69, 9.17) is 0 Å². The normalized spacial score (nSPS) is 10.3. The van der Waals surface area contributed by atoms with Gasteiger partial charge in [-0.2, -0.15) is 0 Å². The van der Waals surface area contributed by atoms with Gasteiger partial charge in [0.25, 0.3) is 5.91 Å². The third-order valence-electron chi connectivity index (χ3n) is 4.15. The summed E-state index contributed by atoms with van der Waals surface area (Å²) in [5.74, 6) is -1.10. The van der Waals surface area contributed by atoms with Crippen LogP contribution in [-0.2, 0) is 11.2 Å². The van der Waals surface area contributed by atoms with Gasteiger partial charge in [0.05, 0.1) is 0 Å². The Hall–Kier alpha value is -2.89. The average molecular weight is 357 g/mol. The van der Waals surface area contributed by atoms with Gasteiger partial charge in [0, 0.05) is 30.8 Å². The number of carbonyl (C=O) groups is 2. The summed E-state index contributed by atoms with van der Waals surface area (Å²) in [6.07, 6.45) is 0.356. The van der Waals surface area contributed by atoms with Crippen LogP contribution in [0.2, 0.25) is 0 Å². The summed E-state index contributed by atoms with van der Waals surface area (Å²) in [5, 5.41) is 0. The Labute approximate surface area is 153 Å². The van der Waals surface area contributed by atoms with Gasteiger partial charge in [-0.3, -0.25) is 20.4 Å². The molecule has 6 heteroatoms. The van der Waals surface area contributed by atoms with Crippen LogP contribution in [0.15, 0.2) is 48.5 Å². The monoisotopic (exact) mass is 357 g/mol. The molecule has 0 aliphatic heterocycles. The smallest absolute Gasteiger partial charge is 0.269 e. The van der Waals surface area contributed by atoms with E-state index in [1.165, 1.54) is 6.07 Å².